The summed E-state index contributed by atoms with van der Waals surface area (Å²) < 4.78 is 21.9. The molecular weight excluding hydrogens is 654 g/mol. The molecule has 0 aliphatic carbocycles. The third-order valence-electron chi connectivity index (χ3n) is 7.47. The highest BCUT2D eigenvalue weighted by atomic mass is 32.1. The van der Waals surface area contributed by atoms with Crippen molar-refractivity contribution in [1.82, 2.24) is 25.8 Å². The van der Waals surface area contributed by atoms with Gasteiger partial charge in [0.2, 0.25) is 12.1 Å². The molecule has 15 heteroatoms. The van der Waals surface area contributed by atoms with Crippen LogP contribution in [0.15, 0.2) is 5.38 Å². The fourth-order valence-corrected chi connectivity index (χ4v) is 5.31. The van der Waals surface area contributed by atoms with Crippen molar-refractivity contribution in [2.45, 2.75) is 139 Å². The molecule has 6 atom stereocenters. The van der Waals surface area contributed by atoms with Crippen molar-refractivity contribution in [3.8, 4) is 0 Å². The van der Waals surface area contributed by atoms with Crippen molar-refractivity contribution in [2.24, 2.45) is 17.8 Å². The largest absolute Gasteiger partial charge is 0.461 e. The Morgan fingerprint density at radius 2 is 1.33 bits per heavy atom. The Balaban J connectivity index is 3.55. The van der Waals surface area contributed by atoms with Crippen molar-refractivity contribution in [3.05, 3.63) is 16.1 Å². The van der Waals surface area contributed by atoms with Crippen LogP contribution >= 0.6 is 11.3 Å². The van der Waals surface area contributed by atoms with Gasteiger partial charge in [-0.05, 0) is 66.2 Å². The molecular formula is C34H59N5O9S. The lowest BCUT2D eigenvalue weighted by atomic mass is 9.97. The second-order valence-electron chi connectivity index (χ2n) is 14.4. The van der Waals surface area contributed by atoms with Crippen LogP contribution in [0.3, 0.4) is 0 Å². The molecule has 1 aromatic rings. The molecule has 0 aliphatic rings. The summed E-state index contributed by atoms with van der Waals surface area (Å²) in [6.07, 6.45) is -2.38. The van der Waals surface area contributed by atoms with Gasteiger partial charge in [0.25, 0.3) is 0 Å². The first kappa shape index (κ1) is 43.6. The van der Waals surface area contributed by atoms with E-state index in [2.05, 4.69) is 20.9 Å². The second kappa shape index (κ2) is 19.1. The van der Waals surface area contributed by atoms with Crippen molar-refractivity contribution >= 4 is 41.4 Å². The molecule has 0 aromatic carbocycles. The fourth-order valence-electron chi connectivity index (χ4n) is 4.54. The summed E-state index contributed by atoms with van der Waals surface area (Å²) in [7, 11) is 1.59. The summed E-state index contributed by atoms with van der Waals surface area (Å²) in [6, 6.07) is -2.00. The zero-order valence-corrected chi connectivity index (χ0v) is 32.5. The van der Waals surface area contributed by atoms with E-state index in [9.17, 15) is 24.0 Å². The molecule has 1 aromatic heterocycles. The maximum Gasteiger partial charge on any atom is 0.408 e. The van der Waals surface area contributed by atoms with Crippen LogP contribution in [-0.4, -0.2) is 83.0 Å². The summed E-state index contributed by atoms with van der Waals surface area (Å²) >= 11 is 1.06. The Kier molecular flexibility index (Phi) is 17.0. The number of thiazole rings is 1. The minimum Gasteiger partial charge on any atom is -0.461 e. The molecule has 49 heavy (non-hydrogen) atoms. The van der Waals surface area contributed by atoms with Gasteiger partial charge in [-0.25, -0.2) is 24.2 Å². The van der Waals surface area contributed by atoms with Crippen LogP contribution in [0.1, 0.15) is 125 Å². The summed E-state index contributed by atoms with van der Waals surface area (Å²) in [6.45, 7) is 23.4. The Bertz CT molecular complexity index is 1260. The average Bonchev–Trinajstić information content (AvgIpc) is 3.48. The van der Waals surface area contributed by atoms with Crippen molar-refractivity contribution < 1.29 is 42.9 Å². The van der Waals surface area contributed by atoms with Gasteiger partial charge in [-0.15, -0.1) is 11.3 Å². The number of carbonyl (C=O) groups excluding carboxylic acids is 5. The fraction of sp³-hybridized carbons (Fsp3) is 0.765. The number of alkyl carbamates (subject to hydrolysis) is 2. The molecule has 14 nitrogen and oxygen atoms in total. The Labute approximate surface area is 295 Å². The number of nitrogens with zero attached hydrogens (tertiary/aromatic N) is 2. The molecule has 1 rings (SSSR count). The van der Waals surface area contributed by atoms with E-state index in [0.717, 1.165) is 11.3 Å². The number of rotatable bonds is 16. The molecule has 0 saturated carbocycles. The zero-order valence-electron chi connectivity index (χ0n) is 31.7. The maximum absolute atomic E-state index is 14.0. The van der Waals surface area contributed by atoms with Crippen LogP contribution in [0, 0.1) is 17.8 Å². The lowest BCUT2D eigenvalue weighted by molar-refractivity contribution is -0.157. The van der Waals surface area contributed by atoms with Gasteiger partial charge in [0, 0.05) is 12.4 Å². The molecule has 3 amide bonds. The maximum atomic E-state index is 14.0. The normalized spacial score (nSPS) is 15.6. The van der Waals surface area contributed by atoms with E-state index in [1.165, 1.54) is 10.3 Å². The van der Waals surface area contributed by atoms with E-state index >= 15 is 0 Å². The number of hydrogen-bond acceptors (Lipinski definition) is 12. The highest BCUT2D eigenvalue weighted by Gasteiger charge is 2.38. The predicted molar refractivity (Wildman–Crippen MR) is 187 cm³/mol. The number of likely N-dealkylation sites (N-methyl/N-ethyl adjacent to an activating group) is 1. The van der Waals surface area contributed by atoms with Crippen LogP contribution < -0.4 is 16.0 Å². The quantitative estimate of drug-likeness (QED) is 0.108. The van der Waals surface area contributed by atoms with Gasteiger partial charge < -0.3 is 34.5 Å². The van der Waals surface area contributed by atoms with Crippen LogP contribution in [-0.2, 0) is 28.5 Å². The number of esters is 2. The molecule has 0 fully saturated rings. The molecule has 3 N–H and O–H groups in total. The van der Waals surface area contributed by atoms with Gasteiger partial charge in [0.05, 0.1) is 12.8 Å². The first-order valence-electron chi connectivity index (χ1n) is 16.9. The molecule has 0 aliphatic heterocycles. The smallest absolute Gasteiger partial charge is 0.408 e. The number of aromatic nitrogens is 1. The van der Waals surface area contributed by atoms with Gasteiger partial charge >= 0.3 is 24.1 Å². The van der Waals surface area contributed by atoms with Crippen molar-refractivity contribution in [3.63, 3.8) is 0 Å². The van der Waals surface area contributed by atoms with Gasteiger partial charge in [-0.2, -0.15) is 0 Å². The van der Waals surface area contributed by atoms with E-state index < -0.39 is 65.7 Å². The SMILES string of the molecule is CCOC(=O)c1csc(C(NC(C(C)C)N(C)C(=O)[C@@H](NC(=O)OC(C)(C)C)[C@@H](C)CC)OC(=O)C(NC(=O)OC(C)(C)C)[C@@H](C)CC)n1. The highest BCUT2D eigenvalue weighted by Crippen LogP contribution is 2.25. The van der Waals surface area contributed by atoms with Gasteiger partial charge in [0.1, 0.15) is 28.3 Å². The lowest BCUT2D eigenvalue weighted by Gasteiger charge is -2.38. The predicted octanol–water partition coefficient (Wildman–Crippen LogP) is 5.77. The Morgan fingerprint density at radius 1 is 0.837 bits per heavy atom. The summed E-state index contributed by atoms with van der Waals surface area (Å²) in [5.74, 6) is -2.64. The molecule has 1 heterocycles. The Morgan fingerprint density at radius 3 is 1.78 bits per heavy atom. The standard InChI is InChI=1S/C34H59N5O9S/c1-15-20(6)23(36-31(43)47-33(8,9)10)28(40)39(14)25(19(4)5)38-26(27-35-22(18-49-27)29(41)45-17-3)46-30(42)24(21(7)16-2)37-32(44)48-34(11,12)13/h18-21,23-26,38H,15-17H2,1-14H3,(H,36,43)(H,37,44)/t20-,21-,23-,24?,25?,26?/m0/s1. The van der Waals surface area contributed by atoms with Gasteiger partial charge in [-0.3, -0.25) is 10.1 Å². The second-order valence-corrected chi connectivity index (χ2v) is 15.3. The highest BCUT2D eigenvalue weighted by molar-refractivity contribution is 7.09. The van der Waals surface area contributed by atoms with Gasteiger partial charge in [0.15, 0.2) is 5.69 Å². The summed E-state index contributed by atoms with van der Waals surface area (Å²) in [4.78, 5) is 71.6. The first-order valence-corrected chi connectivity index (χ1v) is 17.8. The minimum absolute atomic E-state index is 0.0268. The molecule has 3 unspecified atom stereocenters. The topological polar surface area (TPSA) is 174 Å². The van der Waals surface area contributed by atoms with Crippen LogP contribution in [0.2, 0.25) is 0 Å². The van der Waals surface area contributed by atoms with Gasteiger partial charge in [-0.1, -0.05) is 54.4 Å². The number of carbonyl (C=O) groups is 5. The van der Waals surface area contributed by atoms with E-state index in [4.69, 9.17) is 18.9 Å². The first-order chi connectivity index (χ1) is 22.5. The minimum atomic E-state index is -1.25. The van der Waals surface area contributed by atoms with Crippen LogP contribution in [0.25, 0.3) is 0 Å². The zero-order chi connectivity index (χ0) is 37.9. The monoisotopic (exact) mass is 713 g/mol. The number of hydrogen-bond donors (Lipinski definition) is 3. The van der Waals surface area contributed by atoms with E-state index in [-0.39, 0.29) is 35.1 Å². The molecule has 0 saturated heterocycles. The van der Waals surface area contributed by atoms with Crippen LogP contribution in [0.4, 0.5) is 9.59 Å². The summed E-state index contributed by atoms with van der Waals surface area (Å²) in [5.41, 5.74) is -1.53. The Hall–Kier alpha value is -3.46. The van der Waals surface area contributed by atoms with Crippen molar-refractivity contribution in [1.29, 1.82) is 0 Å². The van der Waals surface area contributed by atoms with Crippen LogP contribution in [0.5, 0.6) is 0 Å². The van der Waals surface area contributed by atoms with E-state index in [1.54, 1.807) is 62.4 Å². The molecule has 280 valence electrons. The molecule has 0 spiro atoms. The summed E-state index contributed by atoms with van der Waals surface area (Å²) in [5, 5.41) is 10.3. The van der Waals surface area contributed by atoms with Crippen molar-refractivity contribution in [2.75, 3.05) is 13.7 Å². The molecule has 0 bridgehead atoms. The van der Waals surface area contributed by atoms with E-state index in [0.29, 0.717) is 12.8 Å². The number of amides is 3. The lowest BCUT2D eigenvalue weighted by Crippen LogP contribution is -2.58. The number of ether oxygens (including phenoxy) is 4. The average molecular weight is 714 g/mol. The molecule has 0 radical (unpaired) electrons. The third-order valence-corrected chi connectivity index (χ3v) is 8.36. The van der Waals surface area contributed by atoms with E-state index in [1.807, 2.05) is 34.6 Å². The number of nitrogens with one attached hydrogen (secondary N) is 3. The third kappa shape index (κ3) is 14.5.